The highest BCUT2D eigenvalue weighted by Crippen LogP contribution is 2.29. The number of alkyl halides is 3. The van der Waals surface area contributed by atoms with E-state index in [1.807, 2.05) is 0 Å². The highest BCUT2D eigenvalue weighted by molar-refractivity contribution is 5.81. The zero-order valence-corrected chi connectivity index (χ0v) is 15.2. The first-order chi connectivity index (χ1) is 13.3. The van der Waals surface area contributed by atoms with Crippen molar-refractivity contribution in [1.29, 1.82) is 0 Å². The Labute approximate surface area is 159 Å². The average molecular weight is 396 g/mol. The normalized spacial score (nSPS) is 11.3. The summed E-state index contributed by atoms with van der Waals surface area (Å²) in [5.41, 5.74) is 2.35. The average Bonchev–Trinajstić information content (AvgIpc) is 2.66. The predicted molar refractivity (Wildman–Crippen MR) is 97.6 cm³/mol. The lowest BCUT2D eigenvalue weighted by atomic mass is 10.2. The van der Waals surface area contributed by atoms with Crippen molar-refractivity contribution in [2.45, 2.75) is 13.1 Å². The number of hydrogen-bond donors (Lipinski definition) is 2. The van der Waals surface area contributed by atoms with Crippen molar-refractivity contribution in [3.8, 4) is 11.5 Å². The highest BCUT2D eigenvalue weighted by Gasteiger charge is 2.30. The highest BCUT2D eigenvalue weighted by atomic mass is 19.4. The maximum atomic E-state index is 12.5. The van der Waals surface area contributed by atoms with Gasteiger partial charge < -0.3 is 14.8 Å². The van der Waals surface area contributed by atoms with Gasteiger partial charge in [0.2, 0.25) is 0 Å². The number of nitrogens with one attached hydrogen (secondary N) is 2. The lowest BCUT2D eigenvalue weighted by Crippen LogP contribution is -2.28. The Morgan fingerprint density at radius 1 is 1.25 bits per heavy atom. The lowest BCUT2D eigenvalue weighted by molar-refractivity contribution is -0.137. The van der Waals surface area contributed by atoms with E-state index >= 15 is 0 Å². The number of pyridine rings is 1. The van der Waals surface area contributed by atoms with Crippen LogP contribution in [0.25, 0.3) is 0 Å². The van der Waals surface area contributed by atoms with Gasteiger partial charge in [-0.05, 0) is 42.8 Å². The van der Waals surface area contributed by atoms with E-state index in [4.69, 9.17) is 9.47 Å². The fourth-order valence-electron chi connectivity index (χ4n) is 2.08. The van der Waals surface area contributed by atoms with Gasteiger partial charge in [-0.2, -0.15) is 18.3 Å². The number of amides is 1. The number of rotatable bonds is 8. The van der Waals surface area contributed by atoms with Crippen LogP contribution in [-0.2, 0) is 11.0 Å². The largest absolute Gasteiger partial charge is 0.493 e. The molecule has 0 bridgehead atoms. The van der Waals surface area contributed by atoms with Crippen molar-refractivity contribution < 1.29 is 27.4 Å². The minimum atomic E-state index is -4.44. The maximum absolute atomic E-state index is 12.5. The smallest absolute Gasteiger partial charge is 0.417 e. The van der Waals surface area contributed by atoms with E-state index in [1.54, 1.807) is 25.1 Å². The first kappa shape index (κ1) is 21.0. The summed E-state index contributed by atoms with van der Waals surface area (Å²) in [6.45, 7) is 2.18. The molecule has 0 saturated carbocycles. The lowest BCUT2D eigenvalue weighted by Gasteiger charge is -2.11. The topological polar surface area (TPSA) is 84.8 Å². The van der Waals surface area contributed by atoms with Gasteiger partial charge in [-0.1, -0.05) is 0 Å². The number of halogens is 3. The van der Waals surface area contributed by atoms with Crippen molar-refractivity contribution in [3.63, 3.8) is 0 Å². The monoisotopic (exact) mass is 396 g/mol. The Kier molecular flexibility index (Phi) is 7.19. The molecule has 1 aromatic heterocycles. The first-order valence-electron chi connectivity index (χ1n) is 8.23. The molecule has 1 heterocycles. The summed E-state index contributed by atoms with van der Waals surface area (Å²) in [6.07, 6.45) is -2.27. The van der Waals surface area contributed by atoms with Crippen LogP contribution in [0.2, 0.25) is 0 Å². The Hall–Kier alpha value is -3.30. The molecule has 0 aliphatic rings. The number of aromatic nitrogens is 1. The van der Waals surface area contributed by atoms with Crippen molar-refractivity contribution in [2.75, 3.05) is 25.7 Å². The van der Waals surface area contributed by atoms with Crippen LogP contribution in [0.1, 0.15) is 18.1 Å². The molecule has 1 aromatic carbocycles. The third kappa shape index (κ3) is 6.15. The second kappa shape index (κ2) is 9.58. The molecule has 0 aliphatic carbocycles. The fraction of sp³-hybridized carbons (Fsp3) is 0.278. The summed E-state index contributed by atoms with van der Waals surface area (Å²) < 4.78 is 48.1. The molecule has 28 heavy (non-hydrogen) atoms. The van der Waals surface area contributed by atoms with E-state index in [1.165, 1.54) is 19.4 Å². The molecule has 1 amide bonds. The van der Waals surface area contributed by atoms with E-state index in [0.717, 1.165) is 12.3 Å². The number of hydrazone groups is 1. The van der Waals surface area contributed by atoms with Gasteiger partial charge in [0.25, 0.3) is 5.91 Å². The molecule has 10 heteroatoms. The van der Waals surface area contributed by atoms with Crippen molar-refractivity contribution in [1.82, 2.24) is 10.3 Å². The van der Waals surface area contributed by atoms with E-state index in [-0.39, 0.29) is 18.3 Å². The van der Waals surface area contributed by atoms with Crippen LogP contribution in [0, 0.1) is 0 Å². The molecule has 2 aromatic rings. The van der Waals surface area contributed by atoms with Gasteiger partial charge >= 0.3 is 6.18 Å². The van der Waals surface area contributed by atoms with Gasteiger partial charge in [0.1, 0.15) is 5.82 Å². The van der Waals surface area contributed by atoms with Crippen LogP contribution in [0.15, 0.2) is 41.6 Å². The quantitative estimate of drug-likeness (QED) is 0.529. The zero-order valence-electron chi connectivity index (χ0n) is 15.2. The van der Waals surface area contributed by atoms with Gasteiger partial charge in [0.15, 0.2) is 18.1 Å². The van der Waals surface area contributed by atoms with Crippen molar-refractivity contribution in [3.05, 3.63) is 47.7 Å². The SMILES string of the molecule is CCNC(=O)COc1ccc(/C=N\Nc2ccc(C(F)(F)F)cn2)cc1OC. The minimum absolute atomic E-state index is 0.140. The number of carbonyl (C=O) groups excluding carboxylic acids is 1. The first-order valence-corrected chi connectivity index (χ1v) is 8.23. The molecule has 0 aliphatic heterocycles. The van der Waals surface area contributed by atoms with Crippen LogP contribution in [-0.4, -0.2) is 37.4 Å². The van der Waals surface area contributed by atoms with Crippen LogP contribution < -0.4 is 20.2 Å². The minimum Gasteiger partial charge on any atom is -0.493 e. The molecular formula is C18H19F3N4O3. The number of ether oxygens (including phenoxy) is 2. The summed E-state index contributed by atoms with van der Waals surface area (Å²) in [7, 11) is 1.46. The number of methoxy groups -OCH3 is 1. The Morgan fingerprint density at radius 3 is 2.64 bits per heavy atom. The van der Waals surface area contributed by atoms with Gasteiger partial charge in [-0.25, -0.2) is 4.98 Å². The second-order valence-electron chi connectivity index (χ2n) is 5.45. The third-order valence-electron chi connectivity index (χ3n) is 3.40. The second-order valence-corrected chi connectivity index (χ2v) is 5.45. The van der Waals surface area contributed by atoms with Gasteiger partial charge in [-0.15, -0.1) is 0 Å². The van der Waals surface area contributed by atoms with Crippen molar-refractivity contribution in [2.24, 2.45) is 5.10 Å². The van der Waals surface area contributed by atoms with E-state index < -0.39 is 11.7 Å². The van der Waals surface area contributed by atoms with E-state index in [9.17, 15) is 18.0 Å². The van der Waals surface area contributed by atoms with Crippen molar-refractivity contribution >= 4 is 17.9 Å². The molecule has 0 radical (unpaired) electrons. The molecule has 7 nitrogen and oxygen atoms in total. The number of likely N-dealkylation sites (N-methyl/N-ethyl adjacent to an activating group) is 1. The zero-order chi connectivity index (χ0) is 20.6. The third-order valence-corrected chi connectivity index (χ3v) is 3.40. The van der Waals surface area contributed by atoms with Crippen LogP contribution >= 0.6 is 0 Å². The van der Waals surface area contributed by atoms with Gasteiger partial charge in [0.05, 0.1) is 18.9 Å². The Morgan fingerprint density at radius 2 is 2.04 bits per heavy atom. The molecule has 150 valence electrons. The Bertz CT molecular complexity index is 824. The summed E-state index contributed by atoms with van der Waals surface area (Å²) in [6, 6.07) is 7.03. The molecule has 0 atom stereocenters. The van der Waals surface area contributed by atoms with E-state index in [2.05, 4.69) is 20.8 Å². The molecule has 2 rings (SSSR count). The number of nitrogens with zero attached hydrogens (tertiary/aromatic N) is 2. The molecule has 0 unspecified atom stereocenters. The summed E-state index contributed by atoms with van der Waals surface area (Å²) in [5, 5.41) is 6.55. The number of anilines is 1. The predicted octanol–water partition coefficient (Wildman–Crippen LogP) is 3.07. The number of hydrogen-bond acceptors (Lipinski definition) is 6. The molecule has 0 saturated heterocycles. The Balaban J connectivity index is 1.99. The molecule has 0 spiro atoms. The van der Waals surface area contributed by atoms with E-state index in [0.29, 0.717) is 23.6 Å². The standard InChI is InChI=1S/C18H19F3N4O3/c1-3-22-17(26)11-28-14-6-4-12(8-15(14)27-2)9-24-25-16-7-5-13(10-23-16)18(19,20)21/h4-10H,3,11H2,1-2H3,(H,22,26)(H,23,25)/b24-9-. The maximum Gasteiger partial charge on any atom is 0.417 e. The van der Waals surface area contributed by atoms with Crippen LogP contribution in [0.4, 0.5) is 19.0 Å². The summed E-state index contributed by atoms with van der Waals surface area (Å²) in [5.74, 6) is 0.714. The van der Waals surface area contributed by atoms with Gasteiger partial charge in [-0.3, -0.25) is 10.2 Å². The van der Waals surface area contributed by atoms with Crippen LogP contribution in [0.3, 0.4) is 0 Å². The summed E-state index contributed by atoms with van der Waals surface area (Å²) in [4.78, 5) is 15.1. The molecule has 2 N–H and O–H groups in total. The van der Waals surface area contributed by atoms with Crippen LogP contribution in [0.5, 0.6) is 11.5 Å². The fourth-order valence-corrected chi connectivity index (χ4v) is 2.08. The molecular weight excluding hydrogens is 377 g/mol. The van der Waals surface area contributed by atoms with Gasteiger partial charge in [0, 0.05) is 12.7 Å². The number of benzene rings is 1. The molecule has 0 fully saturated rings. The summed E-state index contributed by atoms with van der Waals surface area (Å²) >= 11 is 0. The number of carbonyl (C=O) groups is 1.